The number of amides is 1. The van der Waals surface area contributed by atoms with E-state index in [1.807, 2.05) is 0 Å². The summed E-state index contributed by atoms with van der Waals surface area (Å²) in [5.41, 5.74) is 0.574. The van der Waals surface area contributed by atoms with Crippen molar-refractivity contribution in [3.8, 4) is 0 Å². The van der Waals surface area contributed by atoms with Crippen LogP contribution in [-0.4, -0.2) is 44.0 Å². The second-order valence-corrected chi connectivity index (χ2v) is 3.15. The zero-order valence-electron chi connectivity index (χ0n) is 8.71. The molecule has 2 aromatic heterocycles. The zero-order valence-corrected chi connectivity index (χ0v) is 8.71. The van der Waals surface area contributed by atoms with Crippen LogP contribution >= 0.6 is 0 Å². The lowest BCUT2D eigenvalue weighted by atomic mass is 10.5. The lowest BCUT2D eigenvalue weighted by molar-refractivity contribution is -0.118. The van der Waals surface area contributed by atoms with Crippen molar-refractivity contribution < 1.29 is 4.79 Å². The summed E-state index contributed by atoms with van der Waals surface area (Å²) in [5.74, 6) is 0.633. The number of tetrazole rings is 1. The molecule has 2 N–H and O–H groups in total. The number of nitrogens with one attached hydrogen (secondary N) is 2. The van der Waals surface area contributed by atoms with Crippen molar-refractivity contribution in [1.82, 2.24) is 30.3 Å². The predicted octanol–water partition coefficient (Wildman–Crippen LogP) is -0.933. The van der Waals surface area contributed by atoms with Crippen molar-refractivity contribution in [2.75, 3.05) is 18.4 Å². The molecule has 0 aliphatic heterocycles. The van der Waals surface area contributed by atoms with E-state index in [4.69, 9.17) is 0 Å². The molecule has 16 heavy (non-hydrogen) atoms. The molecule has 0 aliphatic rings. The number of nitrogens with zero attached hydrogens (tertiary/aromatic N) is 5. The van der Waals surface area contributed by atoms with Crippen LogP contribution in [-0.2, 0) is 4.79 Å². The predicted molar refractivity (Wildman–Crippen MR) is 55.8 cm³/mol. The van der Waals surface area contributed by atoms with Crippen molar-refractivity contribution >= 4 is 17.4 Å². The van der Waals surface area contributed by atoms with Gasteiger partial charge in [-0.15, -0.1) is 5.10 Å². The van der Waals surface area contributed by atoms with Gasteiger partial charge in [-0.2, -0.15) is 4.52 Å². The number of hydrogen-bond acceptors (Lipinski definition) is 6. The largest absolute Gasteiger partial charge is 0.367 e. The van der Waals surface area contributed by atoms with Crippen molar-refractivity contribution in [2.45, 2.75) is 6.92 Å². The van der Waals surface area contributed by atoms with Gasteiger partial charge in [0.25, 0.3) is 0 Å². The van der Waals surface area contributed by atoms with Crippen LogP contribution < -0.4 is 10.6 Å². The second-order valence-electron chi connectivity index (χ2n) is 3.15. The summed E-state index contributed by atoms with van der Waals surface area (Å²) < 4.78 is 1.54. The number of anilines is 1. The highest BCUT2D eigenvalue weighted by atomic mass is 16.1. The van der Waals surface area contributed by atoms with E-state index in [0.717, 1.165) is 0 Å². The topological polar surface area (TPSA) is 97.1 Å². The smallest absolute Gasteiger partial charge is 0.216 e. The van der Waals surface area contributed by atoms with E-state index in [9.17, 15) is 4.79 Å². The highest BCUT2D eigenvalue weighted by Crippen LogP contribution is 2.04. The van der Waals surface area contributed by atoms with Gasteiger partial charge in [-0.25, -0.2) is 0 Å². The molecule has 0 bridgehead atoms. The fourth-order valence-corrected chi connectivity index (χ4v) is 1.22. The van der Waals surface area contributed by atoms with E-state index in [1.165, 1.54) is 6.92 Å². The minimum atomic E-state index is -0.0550. The number of aromatic nitrogens is 5. The molecule has 0 aliphatic carbocycles. The lowest BCUT2D eigenvalue weighted by Crippen LogP contribution is -2.26. The molecule has 1 amide bonds. The second kappa shape index (κ2) is 4.51. The summed E-state index contributed by atoms with van der Waals surface area (Å²) in [4.78, 5) is 14.6. The van der Waals surface area contributed by atoms with Gasteiger partial charge in [0.05, 0.1) is 12.4 Å². The SMILES string of the molecule is CC(=O)NCCNc1cncc2nnnn12. The van der Waals surface area contributed by atoms with E-state index in [0.29, 0.717) is 24.6 Å². The summed E-state index contributed by atoms with van der Waals surface area (Å²) in [6.45, 7) is 2.59. The van der Waals surface area contributed by atoms with Gasteiger partial charge in [-0.05, 0) is 10.4 Å². The van der Waals surface area contributed by atoms with Crippen LogP contribution in [0.15, 0.2) is 12.4 Å². The summed E-state index contributed by atoms with van der Waals surface area (Å²) in [7, 11) is 0. The molecule has 0 atom stereocenters. The first-order valence-electron chi connectivity index (χ1n) is 4.78. The minimum Gasteiger partial charge on any atom is -0.367 e. The van der Waals surface area contributed by atoms with Gasteiger partial charge in [0.2, 0.25) is 5.91 Å². The molecular formula is C8H11N7O. The van der Waals surface area contributed by atoms with E-state index in [2.05, 4.69) is 31.1 Å². The van der Waals surface area contributed by atoms with Crippen LogP contribution in [0.5, 0.6) is 0 Å². The normalized spacial score (nSPS) is 10.3. The summed E-state index contributed by atoms with van der Waals surface area (Å²) in [6.07, 6.45) is 3.19. The van der Waals surface area contributed by atoms with Crippen molar-refractivity contribution in [3.63, 3.8) is 0 Å². The first-order valence-corrected chi connectivity index (χ1v) is 4.78. The molecule has 0 aromatic carbocycles. The van der Waals surface area contributed by atoms with Gasteiger partial charge in [0, 0.05) is 20.0 Å². The highest BCUT2D eigenvalue weighted by Gasteiger charge is 2.02. The molecule has 0 fully saturated rings. The molecule has 0 radical (unpaired) electrons. The van der Waals surface area contributed by atoms with Gasteiger partial charge < -0.3 is 10.6 Å². The van der Waals surface area contributed by atoms with Crippen molar-refractivity contribution in [3.05, 3.63) is 12.4 Å². The Morgan fingerprint density at radius 2 is 2.31 bits per heavy atom. The Bertz CT molecular complexity index is 494. The number of hydrogen-bond donors (Lipinski definition) is 2. The molecule has 0 unspecified atom stereocenters. The summed E-state index contributed by atoms with van der Waals surface area (Å²) in [5, 5.41) is 16.8. The van der Waals surface area contributed by atoms with Gasteiger partial charge in [0.1, 0.15) is 5.82 Å². The van der Waals surface area contributed by atoms with Gasteiger partial charge in [-0.1, -0.05) is 0 Å². The first-order chi connectivity index (χ1) is 7.77. The Morgan fingerprint density at radius 3 is 3.12 bits per heavy atom. The average molecular weight is 221 g/mol. The van der Waals surface area contributed by atoms with Crippen LogP contribution in [0.3, 0.4) is 0 Å². The van der Waals surface area contributed by atoms with Crippen LogP contribution in [0.4, 0.5) is 5.82 Å². The molecule has 0 spiro atoms. The van der Waals surface area contributed by atoms with E-state index >= 15 is 0 Å². The lowest BCUT2D eigenvalue weighted by Gasteiger charge is -2.06. The zero-order chi connectivity index (χ0) is 11.4. The van der Waals surface area contributed by atoms with Crippen LogP contribution in [0.25, 0.3) is 5.65 Å². The summed E-state index contributed by atoms with van der Waals surface area (Å²) >= 11 is 0. The molecule has 84 valence electrons. The maximum atomic E-state index is 10.6. The van der Waals surface area contributed by atoms with Crippen LogP contribution in [0.1, 0.15) is 6.92 Å². The molecule has 8 heteroatoms. The van der Waals surface area contributed by atoms with Gasteiger partial charge >= 0.3 is 0 Å². The maximum Gasteiger partial charge on any atom is 0.216 e. The number of carbonyl (C=O) groups excluding carboxylic acids is 1. The van der Waals surface area contributed by atoms with E-state index in [-0.39, 0.29) is 5.91 Å². The van der Waals surface area contributed by atoms with Gasteiger partial charge in [0.15, 0.2) is 5.65 Å². The molecule has 2 aromatic rings. The Hall–Kier alpha value is -2.25. The third kappa shape index (κ3) is 2.22. The quantitative estimate of drug-likeness (QED) is 0.647. The van der Waals surface area contributed by atoms with Gasteiger partial charge in [-0.3, -0.25) is 9.78 Å². The van der Waals surface area contributed by atoms with Crippen LogP contribution in [0.2, 0.25) is 0 Å². The van der Waals surface area contributed by atoms with Crippen molar-refractivity contribution in [2.24, 2.45) is 0 Å². The maximum absolute atomic E-state index is 10.6. The van der Waals surface area contributed by atoms with Crippen molar-refractivity contribution in [1.29, 1.82) is 0 Å². The fourth-order valence-electron chi connectivity index (χ4n) is 1.22. The third-order valence-corrected chi connectivity index (χ3v) is 1.91. The fraction of sp³-hybridized carbons (Fsp3) is 0.375. The molecule has 0 saturated heterocycles. The first kappa shape index (κ1) is 10.3. The Morgan fingerprint density at radius 1 is 1.44 bits per heavy atom. The number of fused-ring (bicyclic) bond motifs is 1. The van der Waals surface area contributed by atoms with E-state index < -0.39 is 0 Å². The molecular weight excluding hydrogens is 210 g/mol. The molecule has 2 heterocycles. The monoisotopic (exact) mass is 221 g/mol. The standard InChI is InChI=1S/C8H11N7O/c1-6(16)10-2-3-11-7-4-9-5-8-12-13-14-15(7)8/h4-5,11H,2-3H2,1H3,(H,10,16). The molecule has 0 saturated carbocycles. The average Bonchev–Trinajstić information content (AvgIpc) is 2.72. The number of rotatable bonds is 4. The Balaban J connectivity index is 1.98. The minimum absolute atomic E-state index is 0.0550. The number of carbonyl (C=O) groups is 1. The Kier molecular flexibility index (Phi) is 2.90. The molecule has 8 nitrogen and oxygen atoms in total. The molecule has 2 rings (SSSR count). The highest BCUT2D eigenvalue weighted by molar-refractivity contribution is 5.72. The third-order valence-electron chi connectivity index (χ3n) is 1.91. The van der Waals surface area contributed by atoms with E-state index in [1.54, 1.807) is 16.9 Å². The Labute approximate surface area is 91.1 Å². The van der Waals surface area contributed by atoms with Crippen LogP contribution in [0, 0.1) is 0 Å². The summed E-state index contributed by atoms with van der Waals surface area (Å²) in [6, 6.07) is 0.